The average Bonchev–Trinajstić information content (AvgIpc) is 2.64. The fourth-order valence-electron chi connectivity index (χ4n) is 1.01. The van der Waals surface area contributed by atoms with E-state index < -0.39 is 0 Å². The van der Waals surface area contributed by atoms with Crippen molar-refractivity contribution in [2.75, 3.05) is 11.5 Å². The summed E-state index contributed by atoms with van der Waals surface area (Å²) in [5.74, 6) is 0.750. The van der Waals surface area contributed by atoms with Crippen LogP contribution in [0.2, 0.25) is 5.15 Å². The highest BCUT2D eigenvalue weighted by Gasteiger charge is 2.08. The normalized spacial score (nSPS) is 10.4. The molecule has 72 valence electrons. The van der Waals surface area contributed by atoms with Crippen LogP contribution in [0.15, 0.2) is 18.7 Å². The summed E-state index contributed by atoms with van der Waals surface area (Å²) in [6, 6.07) is 0. The van der Waals surface area contributed by atoms with Gasteiger partial charge in [-0.1, -0.05) is 11.6 Å². The monoisotopic (exact) mass is 210 g/mol. The zero-order valence-electron chi connectivity index (χ0n) is 7.05. The number of nitrogens with two attached hydrogens (primary N) is 2. The van der Waals surface area contributed by atoms with Crippen LogP contribution in [0, 0.1) is 0 Å². The van der Waals surface area contributed by atoms with E-state index in [-0.39, 0.29) is 16.8 Å². The fraction of sp³-hybridized carbons (Fsp3) is 0. The lowest BCUT2D eigenvalue weighted by atomic mass is 10.5. The zero-order chi connectivity index (χ0) is 10.1. The second kappa shape index (κ2) is 3.15. The maximum absolute atomic E-state index is 5.71. The number of halogens is 1. The minimum Gasteiger partial charge on any atom is -0.381 e. The van der Waals surface area contributed by atoms with Crippen molar-refractivity contribution in [3.63, 3.8) is 0 Å². The summed E-state index contributed by atoms with van der Waals surface area (Å²) >= 11 is 5.71. The molecule has 0 radical (unpaired) electrons. The van der Waals surface area contributed by atoms with E-state index in [0.717, 1.165) is 0 Å². The molecule has 0 aliphatic rings. The van der Waals surface area contributed by atoms with Gasteiger partial charge in [-0.05, 0) is 0 Å². The van der Waals surface area contributed by atoms with Crippen molar-refractivity contribution in [1.29, 1.82) is 0 Å². The molecule has 2 heterocycles. The summed E-state index contributed by atoms with van der Waals surface area (Å²) in [5, 5.41) is 0.128. The van der Waals surface area contributed by atoms with Gasteiger partial charge in [-0.15, -0.1) is 0 Å². The predicted octanol–water partition coefficient (Wildman–Crippen LogP) is 0.480. The van der Waals surface area contributed by atoms with Gasteiger partial charge >= 0.3 is 0 Å². The third kappa shape index (κ3) is 1.35. The molecule has 0 saturated heterocycles. The lowest BCUT2D eigenvalue weighted by Gasteiger charge is -2.05. The van der Waals surface area contributed by atoms with Gasteiger partial charge in [-0.3, -0.25) is 4.57 Å². The molecule has 14 heavy (non-hydrogen) atoms. The number of hydrogen-bond acceptors (Lipinski definition) is 5. The van der Waals surface area contributed by atoms with Crippen molar-refractivity contribution >= 4 is 23.2 Å². The molecule has 0 atom stereocenters. The predicted molar refractivity (Wildman–Crippen MR) is 53.0 cm³/mol. The Labute approximate surface area is 84.5 Å². The Hall–Kier alpha value is -1.82. The van der Waals surface area contributed by atoms with Crippen molar-refractivity contribution in [1.82, 2.24) is 19.5 Å². The van der Waals surface area contributed by atoms with Crippen LogP contribution >= 0.6 is 11.6 Å². The first kappa shape index (κ1) is 8.76. The summed E-state index contributed by atoms with van der Waals surface area (Å²) in [7, 11) is 0. The van der Waals surface area contributed by atoms with E-state index in [2.05, 4.69) is 15.0 Å². The third-order valence-electron chi connectivity index (χ3n) is 1.63. The van der Waals surface area contributed by atoms with Crippen LogP contribution in [0.4, 0.5) is 11.6 Å². The SMILES string of the molecule is Nc1nc(N)c(-n2ccnc2)nc1Cl. The Balaban J connectivity index is 2.60. The summed E-state index contributed by atoms with van der Waals surface area (Å²) < 4.78 is 1.60. The van der Waals surface area contributed by atoms with E-state index in [1.54, 1.807) is 23.3 Å². The highest BCUT2D eigenvalue weighted by Crippen LogP contribution is 2.19. The molecule has 7 heteroatoms. The van der Waals surface area contributed by atoms with Crippen LogP contribution in [-0.4, -0.2) is 19.5 Å². The summed E-state index contributed by atoms with van der Waals surface area (Å²) in [6.07, 6.45) is 4.84. The van der Waals surface area contributed by atoms with Gasteiger partial charge in [0.25, 0.3) is 0 Å². The van der Waals surface area contributed by atoms with E-state index in [1.165, 1.54) is 0 Å². The second-order valence-corrected chi connectivity index (χ2v) is 2.94. The zero-order valence-corrected chi connectivity index (χ0v) is 7.81. The topological polar surface area (TPSA) is 95.6 Å². The average molecular weight is 211 g/mol. The van der Waals surface area contributed by atoms with Gasteiger partial charge in [0.15, 0.2) is 22.6 Å². The molecule has 4 N–H and O–H groups in total. The number of imidazole rings is 1. The summed E-state index contributed by atoms with van der Waals surface area (Å²) in [6.45, 7) is 0. The first-order chi connectivity index (χ1) is 6.68. The largest absolute Gasteiger partial charge is 0.381 e. The Kier molecular flexibility index (Phi) is 1.97. The van der Waals surface area contributed by atoms with E-state index in [4.69, 9.17) is 23.1 Å². The molecule has 0 spiro atoms. The number of anilines is 2. The van der Waals surface area contributed by atoms with Crippen LogP contribution in [0.1, 0.15) is 0 Å². The molecule has 2 aromatic rings. The van der Waals surface area contributed by atoms with Crippen LogP contribution in [0.5, 0.6) is 0 Å². The Morgan fingerprint density at radius 3 is 2.64 bits per heavy atom. The number of nitrogens with zero attached hydrogens (tertiary/aromatic N) is 4. The van der Waals surface area contributed by atoms with Gasteiger partial charge in [0.1, 0.15) is 6.33 Å². The molecular formula is C7H7ClN6. The molecule has 0 aliphatic carbocycles. The minimum absolute atomic E-state index is 0.119. The van der Waals surface area contributed by atoms with Crippen molar-refractivity contribution in [2.24, 2.45) is 0 Å². The molecule has 0 unspecified atom stereocenters. The maximum atomic E-state index is 5.71. The van der Waals surface area contributed by atoms with Crippen molar-refractivity contribution < 1.29 is 0 Å². The summed E-state index contributed by atoms with van der Waals surface area (Å²) in [4.78, 5) is 11.7. The fourth-order valence-corrected chi connectivity index (χ4v) is 1.13. The molecule has 0 aromatic carbocycles. The first-order valence-electron chi connectivity index (χ1n) is 3.75. The van der Waals surface area contributed by atoms with Gasteiger partial charge in [0.05, 0.1) is 0 Å². The van der Waals surface area contributed by atoms with Crippen LogP contribution < -0.4 is 11.5 Å². The van der Waals surface area contributed by atoms with Gasteiger partial charge in [-0.2, -0.15) is 0 Å². The molecule has 0 bridgehead atoms. The number of hydrogen-bond donors (Lipinski definition) is 2. The number of aromatic nitrogens is 4. The van der Waals surface area contributed by atoms with Crippen molar-refractivity contribution in [3.8, 4) is 5.82 Å². The molecular weight excluding hydrogens is 204 g/mol. The molecule has 0 fully saturated rings. The Morgan fingerprint density at radius 2 is 2.00 bits per heavy atom. The quantitative estimate of drug-likeness (QED) is 0.714. The van der Waals surface area contributed by atoms with E-state index >= 15 is 0 Å². The van der Waals surface area contributed by atoms with Crippen molar-refractivity contribution in [3.05, 3.63) is 23.9 Å². The molecule has 2 rings (SSSR count). The number of rotatable bonds is 1. The first-order valence-corrected chi connectivity index (χ1v) is 4.13. The number of nitrogen functional groups attached to an aromatic ring is 2. The highest BCUT2D eigenvalue weighted by atomic mass is 35.5. The van der Waals surface area contributed by atoms with Gasteiger partial charge < -0.3 is 11.5 Å². The Morgan fingerprint density at radius 1 is 1.21 bits per heavy atom. The van der Waals surface area contributed by atoms with Crippen LogP contribution in [0.3, 0.4) is 0 Å². The minimum atomic E-state index is 0.119. The van der Waals surface area contributed by atoms with Gasteiger partial charge in [0.2, 0.25) is 0 Å². The third-order valence-corrected chi connectivity index (χ3v) is 1.91. The smallest absolute Gasteiger partial charge is 0.182 e. The lowest BCUT2D eigenvalue weighted by molar-refractivity contribution is 0.980. The molecule has 2 aromatic heterocycles. The van der Waals surface area contributed by atoms with E-state index in [0.29, 0.717) is 5.82 Å². The highest BCUT2D eigenvalue weighted by molar-refractivity contribution is 6.31. The summed E-state index contributed by atoms with van der Waals surface area (Å²) in [5.41, 5.74) is 11.1. The molecule has 0 aliphatic heterocycles. The molecule has 0 saturated carbocycles. The van der Waals surface area contributed by atoms with E-state index in [9.17, 15) is 0 Å². The van der Waals surface area contributed by atoms with Gasteiger partial charge in [0, 0.05) is 12.4 Å². The molecule has 6 nitrogen and oxygen atoms in total. The van der Waals surface area contributed by atoms with Crippen molar-refractivity contribution in [2.45, 2.75) is 0 Å². The standard InChI is InChI=1S/C7H7ClN6/c8-4-5(9)13-6(10)7(12-4)14-2-1-11-3-14/h1-3H,(H4,9,10,13). The van der Waals surface area contributed by atoms with E-state index in [1.807, 2.05) is 0 Å². The van der Waals surface area contributed by atoms with Crippen LogP contribution in [0.25, 0.3) is 5.82 Å². The van der Waals surface area contributed by atoms with Gasteiger partial charge in [-0.25, -0.2) is 15.0 Å². The lowest BCUT2D eigenvalue weighted by Crippen LogP contribution is -2.06. The Bertz CT molecular complexity index is 451. The molecule has 0 amide bonds. The second-order valence-electron chi connectivity index (χ2n) is 2.58. The maximum Gasteiger partial charge on any atom is 0.182 e. The van der Waals surface area contributed by atoms with Crippen LogP contribution in [-0.2, 0) is 0 Å².